The van der Waals surface area contributed by atoms with Crippen LogP contribution >= 0.6 is 0 Å². The van der Waals surface area contributed by atoms with Crippen molar-refractivity contribution in [3.8, 4) is 0 Å². The quantitative estimate of drug-likeness (QED) is 0.0262. The second-order valence-corrected chi connectivity index (χ2v) is 19.9. The first kappa shape index (κ1) is 64.6. The maximum atomic E-state index is 12.8. The van der Waals surface area contributed by atoms with E-state index in [1.165, 1.54) is 186 Å². The lowest BCUT2D eigenvalue weighted by atomic mass is 10.0. The van der Waals surface area contributed by atoms with Crippen molar-refractivity contribution in [1.82, 2.24) is 0 Å². The molecule has 0 aliphatic carbocycles. The Morgan fingerprint density at radius 3 is 0.896 bits per heavy atom. The van der Waals surface area contributed by atoms with E-state index < -0.39 is 6.10 Å². The molecule has 0 radical (unpaired) electrons. The molecule has 0 aliphatic heterocycles. The van der Waals surface area contributed by atoms with E-state index in [4.69, 9.17) is 14.2 Å². The topological polar surface area (TPSA) is 78.9 Å². The molecule has 6 nitrogen and oxygen atoms in total. The number of hydrogen-bond donors (Lipinski definition) is 0. The molecule has 0 aliphatic rings. The van der Waals surface area contributed by atoms with Crippen LogP contribution in [0.5, 0.6) is 0 Å². The standard InChI is InChI=1S/C61H112O6/c1-4-7-10-13-16-19-22-25-27-28-29-30-31-32-33-34-37-39-42-45-48-51-54-60(63)66-57-58(56-65-59(62)53-50-47-44-41-38-35-24-21-18-15-12-9-6-3)67-61(64)55-52-49-46-43-40-36-26-23-20-17-14-11-8-5-2/h12,15,21,23-24,26,58H,4-11,13-14,16-20,22,25,27-57H2,1-3H3/b15-12-,24-21-,26-23-. The first-order chi connectivity index (χ1) is 33.0. The molecular formula is C61H112O6. The van der Waals surface area contributed by atoms with E-state index in [0.29, 0.717) is 19.3 Å². The predicted molar refractivity (Wildman–Crippen MR) is 289 cm³/mol. The molecule has 392 valence electrons. The van der Waals surface area contributed by atoms with Crippen LogP contribution in [0.25, 0.3) is 0 Å². The van der Waals surface area contributed by atoms with E-state index in [0.717, 1.165) is 89.9 Å². The Labute approximate surface area is 416 Å². The predicted octanol–water partition coefficient (Wildman–Crippen LogP) is 19.7. The van der Waals surface area contributed by atoms with Crippen molar-refractivity contribution in [2.45, 2.75) is 322 Å². The van der Waals surface area contributed by atoms with Gasteiger partial charge in [0.2, 0.25) is 0 Å². The molecule has 0 aromatic rings. The Hall–Kier alpha value is -2.37. The Kier molecular flexibility index (Phi) is 54.2. The van der Waals surface area contributed by atoms with Crippen LogP contribution in [0.15, 0.2) is 36.5 Å². The van der Waals surface area contributed by atoms with Gasteiger partial charge < -0.3 is 14.2 Å². The lowest BCUT2D eigenvalue weighted by molar-refractivity contribution is -0.167. The average molecular weight is 942 g/mol. The zero-order valence-electron chi connectivity index (χ0n) is 44.9. The van der Waals surface area contributed by atoms with E-state index in [1.807, 2.05) is 0 Å². The smallest absolute Gasteiger partial charge is 0.306 e. The number of carbonyl (C=O) groups excluding carboxylic acids is 3. The highest BCUT2D eigenvalue weighted by molar-refractivity contribution is 5.71. The Morgan fingerprint density at radius 2 is 0.567 bits per heavy atom. The fourth-order valence-corrected chi connectivity index (χ4v) is 8.65. The molecule has 1 unspecified atom stereocenters. The maximum Gasteiger partial charge on any atom is 0.306 e. The van der Waals surface area contributed by atoms with Gasteiger partial charge in [-0.15, -0.1) is 0 Å². The highest BCUT2D eigenvalue weighted by Gasteiger charge is 2.19. The molecule has 67 heavy (non-hydrogen) atoms. The first-order valence-electron chi connectivity index (χ1n) is 29.5. The van der Waals surface area contributed by atoms with Gasteiger partial charge in [0, 0.05) is 19.3 Å². The summed E-state index contributed by atoms with van der Waals surface area (Å²) in [5.41, 5.74) is 0. The van der Waals surface area contributed by atoms with Crippen molar-refractivity contribution >= 4 is 17.9 Å². The fourth-order valence-electron chi connectivity index (χ4n) is 8.65. The van der Waals surface area contributed by atoms with Gasteiger partial charge in [-0.1, -0.05) is 263 Å². The molecule has 0 heterocycles. The van der Waals surface area contributed by atoms with Crippen LogP contribution in [0.1, 0.15) is 316 Å². The van der Waals surface area contributed by atoms with Gasteiger partial charge in [-0.25, -0.2) is 0 Å². The summed E-state index contributed by atoms with van der Waals surface area (Å²) in [7, 11) is 0. The van der Waals surface area contributed by atoms with E-state index >= 15 is 0 Å². The van der Waals surface area contributed by atoms with Crippen LogP contribution in [0.3, 0.4) is 0 Å². The highest BCUT2D eigenvalue weighted by Crippen LogP contribution is 2.17. The average Bonchev–Trinajstić information content (AvgIpc) is 3.33. The lowest BCUT2D eigenvalue weighted by Crippen LogP contribution is -2.30. The number of esters is 3. The van der Waals surface area contributed by atoms with E-state index in [9.17, 15) is 14.4 Å². The monoisotopic (exact) mass is 941 g/mol. The second kappa shape index (κ2) is 56.2. The minimum atomic E-state index is -0.779. The van der Waals surface area contributed by atoms with E-state index in [-0.39, 0.29) is 31.1 Å². The molecule has 0 aromatic heterocycles. The zero-order chi connectivity index (χ0) is 48.6. The largest absolute Gasteiger partial charge is 0.462 e. The number of allylic oxidation sites excluding steroid dienone is 6. The van der Waals surface area contributed by atoms with Gasteiger partial charge in [0.25, 0.3) is 0 Å². The van der Waals surface area contributed by atoms with Crippen molar-refractivity contribution in [2.24, 2.45) is 0 Å². The molecule has 0 fully saturated rings. The number of rotatable bonds is 54. The van der Waals surface area contributed by atoms with Crippen molar-refractivity contribution in [2.75, 3.05) is 13.2 Å². The van der Waals surface area contributed by atoms with Crippen molar-refractivity contribution in [3.05, 3.63) is 36.5 Å². The Morgan fingerprint density at radius 1 is 0.299 bits per heavy atom. The van der Waals surface area contributed by atoms with Gasteiger partial charge in [-0.2, -0.15) is 0 Å². The lowest BCUT2D eigenvalue weighted by Gasteiger charge is -2.18. The molecule has 1 atom stereocenters. The number of unbranched alkanes of at least 4 members (excludes halogenated alkanes) is 37. The normalized spacial score (nSPS) is 12.2. The van der Waals surface area contributed by atoms with Crippen LogP contribution in [0.2, 0.25) is 0 Å². The van der Waals surface area contributed by atoms with Crippen LogP contribution in [-0.2, 0) is 28.6 Å². The van der Waals surface area contributed by atoms with Crippen LogP contribution in [0, 0.1) is 0 Å². The third-order valence-corrected chi connectivity index (χ3v) is 13.1. The van der Waals surface area contributed by atoms with E-state index in [1.54, 1.807) is 0 Å². The number of hydrogen-bond acceptors (Lipinski definition) is 6. The molecule has 0 bridgehead atoms. The summed E-state index contributed by atoms with van der Waals surface area (Å²) in [6, 6.07) is 0. The fraction of sp³-hybridized carbons (Fsp3) is 0.852. The van der Waals surface area contributed by atoms with E-state index in [2.05, 4.69) is 57.2 Å². The summed E-state index contributed by atoms with van der Waals surface area (Å²) in [4.78, 5) is 38.1. The zero-order valence-corrected chi connectivity index (χ0v) is 44.9. The molecule has 0 aromatic carbocycles. The first-order valence-corrected chi connectivity index (χ1v) is 29.5. The van der Waals surface area contributed by atoms with Gasteiger partial charge in [0.15, 0.2) is 6.10 Å². The van der Waals surface area contributed by atoms with Crippen molar-refractivity contribution in [3.63, 3.8) is 0 Å². The molecular weight excluding hydrogens is 829 g/mol. The highest BCUT2D eigenvalue weighted by atomic mass is 16.6. The minimum Gasteiger partial charge on any atom is -0.462 e. The van der Waals surface area contributed by atoms with Gasteiger partial charge in [0.05, 0.1) is 0 Å². The summed E-state index contributed by atoms with van der Waals surface area (Å²) in [5.74, 6) is -0.883. The molecule has 0 amide bonds. The molecule has 0 spiro atoms. The SMILES string of the molecule is CCC/C=C\C/C=C\CCCCCCCC(=O)OCC(COC(=O)CCCCCCCCCCCCCCCCCCCCCCCC)OC(=O)CCCCCCC/C=C\CCCCCCC. The summed E-state index contributed by atoms with van der Waals surface area (Å²) in [6.07, 6.45) is 67.2. The second-order valence-electron chi connectivity index (χ2n) is 19.9. The Balaban J connectivity index is 4.27. The maximum absolute atomic E-state index is 12.8. The Bertz CT molecular complexity index is 1130. The third kappa shape index (κ3) is 54.4. The number of ether oxygens (including phenoxy) is 3. The van der Waals surface area contributed by atoms with Crippen molar-refractivity contribution < 1.29 is 28.6 Å². The molecule has 0 saturated heterocycles. The number of carbonyl (C=O) groups is 3. The molecule has 0 N–H and O–H groups in total. The van der Waals surface area contributed by atoms with Gasteiger partial charge in [0.1, 0.15) is 13.2 Å². The van der Waals surface area contributed by atoms with Gasteiger partial charge >= 0.3 is 17.9 Å². The summed E-state index contributed by atoms with van der Waals surface area (Å²) >= 11 is 0. The third-order valence-electron chi connectivity index (χ3n) is 13.1. The molecule has 0 rings (SSSR count). The summed E-state index contributed by atoms with van der Waals surface area (Å²) < 4.78 is 16.9. The minimum absolute atomic E-state index is 0.0765. The van der Waals surface area contributed by atoms with Crippen LogP contribution in [0.4, 0.5) is 0 Å². The van der Waals surface area contributed by atoms with Crippen molar-refractivity contribution in [1.29, 1.82) is 0 Å². The van der Waals surface area contributed by atoms with Crippen LogP contribution < -0.4 is 0 Å². The summed E-state index contributed by atoms with van der Waals surface area (Å²) in [6.45, 7) is 6.59. The van der Waals surface area contributed by atoms with Gasteiger partial charge in [-0.3, -0.25) is 14.4 Å². The van der Waals surface area contributed by atoms with Crippen LogP contribution in [-0.4, -0.2) is 37.2 Å². The molecule has 0 saturated carbocycles. The van der Waals surface area contributed by atoms with Gasteiger partial charge in [-0.05, 0) is 70.6 Å². The molecule has 6 heteroatoms. The summed E-state index contributed by atoms with van der Waals surface area (Å²) in [5, 5.41) is 0.